The summed E-state index contributed by atoms with van der Waals surface area (Å²) >= 11 is 0. The lowest BCUT2D eigenvalue weighted by Gasteiger charge is -2.20. The van der Waals surface area contributed by atoms with E-state index in [2.05, 4.69) is 5.32 Å². The van der Waals surface area contributed by atoms with Crippen molar-refractivity contribution >= 4 is 17.5 Å². The Morgan fingerprint density at radius 2 is 2.04 bits per heavy atom. The van der Waals surface area contributed by atoms with Crippen molar-refractivity contribution in [2.75, 3.05) is 18.1 Å². The van der Waals surface area contributed by atoms with Gasteiger partial charge in [-0.25, -0.2) is 0 Å². The molecular formula is C19H26N2O3. The van der Waals surface area contributed by atoms with Gasteiger partial charge in [-0.05, 0) is 68.7 Å². The van der Waals surface area contributed by atoms with E-state index in [9.17, 15) is 9.59 Å². The molecule has 1 saturated heterocycles. The normalized spacial score (nSPS) is 21.9. The molecule has 2 unspecified atom stereocenters. The van der Waals surface area contributed by atoms with Crippen LogP contribution in [-0.4, -0.2) is 36.1 Å². The lowest BCUT2D eigenvalue weighted by atomic mass is 10.0. The third kappa shape index (κ3) is 3.46. The van der Waals surface area contributed by atoms with Crippen LogP contribution in [0, 0.1) is 25.7 Å². The van der Waals surface area contributed by atoms with Crippen molar-refractivity contribution in [1.82, 2.24) is 5.32 Å². The number of nitrogens with one attached hydrogen (secondary N) is 1. The predicted molar refractivity (Wildman–Crippen MR) is 92.7 cm³/mol. The van der Waals surface area contributed by atoms with Gasteiger partial charge in [0.2, 0.25) is 11.8 Å². The Labute approximate surface area is 143 Å². The number of hydrogen-bond donors (Lipinski definition) is 2. The van der Waals surface area contributed by atoms with Gasteiger partial charge < -0.3 is 15.3 Å². The summed E-state index contributed by atoms with van der Waals surface area (Å²) in [6.07, 6.45) is 3.31. The second-order valence-electron chi connectivity index (χ2n) is 7.06. The van der Waals surface area contributed by atoms with Crippen molar-refractivity contribution in [2.45, 2.75) is 45.6 Å². The molecule has 2 fully saturated rings. The molecule has 3 rings (SSSR count). The molecular weight excluding hydrogens is 304 g/mol. The molecule has 0 bridgehead atoms. The lowest BCUT2D eigenvalue weighted by Crippen LogP contribution is -2.43. The minimum Gasteiger partial charge on any atom is -0.396 e. The van der Waals surface area contributed by atoms with Crippen LogP contribution in [0.3, 0.4) is 0 Å². The smallest absolute Gasteiger partial charge is 0.239 e. The molecule has 2 atom stereocenters. The summed E-state index contributed by atoms with van der Waals surface area (Å²) in [4.78, 5) is 26.9. The van der Waals surface area contributed by atoms with E-state index in [1.54, 1.807) is 4.90 Å². The summed E-state index contributed by atoms with van der Waals surface area (Å²) in [5, 5.41) is 12.2. The fraction of sp³-hybridized carbons (Fsp3) is 0.579. The highest BCUT2D eigenvalue weighted by molar-refractivity contribution is 6.09. The van der Waals surface area contributed by atoms with E-state index in [-0.39, 0.29) is 24.5 Å². The summed E-state index contributed by atoms with van der Waals surface area (Å²) in [5.74, 6) is -0.439. The first kappa shape index (κ1) is 17.0. The molecule has 0 aromatic heterocycles. The quantitative estimate of drug-likeness (QED) is 0.783. The molecule has 0 radical (unpaired) electrons. The molecule has 1 saturated carbocycles. The minimum absolute atomic E-state index is 0.00553. The Kier molecular flexibility index (Phi) is 4.90. The molecule has 1 aromatic carbocycles. The van der Waals surface area contributed by atoms with E-state index >= 15 is 0 Å². The van der Waals surface area contributed by atoms with Gasteiger partial charge in [0.15, 0.2) is 0 Å². The Morgan fingerprint density at radius 1 is 1.29 bits per heavy atom. The van der Waals surface area contributed by atoms with Crippen molar-refractivity contribution in [3.05, 3.63) is 29.3 Å². The maximum absolute atomic E-state index is 12.7. The van der Waals surface area contributed by atoms with Crippen LogP contribution in [0.5, 0.6) is 0 Å². The van der Waals surface area contributed by atoms with Gasteiger partial charge in [-0.2, -0.15) is 0 Å². The monoisotopic (exact) mass is 330 g/mol. The third-order valence-corrected chi connectivity index (χ3v) is 5.28. The standard InChI is InChI=1S/C19H26N2O3/c1-12-3-6-15(11-13(12)2)21-9-7-16(19(21)24)18(23)20-17(8-10-22)14-4-5-14/h3,6,11,14,16-17,22H,4-5,7-10H2,1-2H3,(H,20,23). The van der Waals surface area contributed by atoms with Crippen LogP contribution in [0.25, 0.3) is 0 Å². The van der Waals surface area contributed by atoms with Gasteiger partial charge in [0.1, 0.15) is 5.92 Å². The van der Waals surface area contributed by atoms with Crippen molar-refractivity contribution in [2.24, 2.45) is 11.8 Å². The van der Waals surface area contributed by atoms with E-state index in [0.717, 1.165) is 24.1 Å². The van der Waals surface area contributed by atoms with E-state index in [4.69, 9.17) is 5.11 Å². The number of carbonyl (C=O) groups excluding carboxylic acids is 2. The van der Waals surface area contributed by atoms with E-state index in [1.165, 1.54) is 5.56 Å². The van der Waals surface area contributed by atoms with Gasteiger partial charge in [-0.3, -0.25) is 9.59 Å². The van der Waals surface area contributed by atoms with Crippen molar-refractivity contribution in [3.8, 4) is 0 Å². The molecule has 5 nitrogen and oxygen atoms in total. The van der Waals surface area contributed by atoms with Crippen LogP contribution in [0.2, 0.25) is 0 Å². The zero-order chi connectivity index (χ0) is 17.3. The minimum atomic E-state index is -0.605. The van der Waals surface area contributed by atoms with Crippen LogP contribution in [-0.2, 0) is 9.59 Å². The number of aliphatic hydroxyl groups excluding tert-OH is 1. The molecule has 1 heterocycles. The van der Waals surface area contributed by atoms with Gasteiger partial charge >= 0.3 is 0 Å². The first-order valence-electron chi connectivity index (χ1n) is 8.81. The second kappa shape index (κ2) is 6.93. The number of anilines is 1. The van der Waals surface area contributed by atoms with Crippen molar-refractivity contribution in [1.29, 1.82) is 0 Å². The van der Waals surface area contributed by atoms with Gasteiger partial charge in [0.05, 0.1) is 0 Å². The number of carbonyl (C=O) groups is 2. The summed E-state index contributed by atoms with van der Waals surface area (Å²) in [6, 6.07) is 5.97. The number of aliphatic hydroxyl groups is 1. The van der Waals surface area contributed by atoms with Crippen LogP contribution < -0.4 is 10.2 Å². The van der Waals surface area contributed by atoms with E-state index < -0.39 is 5.92 Å². The highest BCUT2D eigenvalue weighted by Crippen LogP contribution is 2.34. The molecule has 5 heteroatoms. The number of amides is 2. The van der Waals surface area contributed by atoms with Crippen LogP contribution in [0.1, 0.15) is 36.8 Å². The average molecular weight is 330 g/mol. The molecule has 130 valence electrons. The fourth-order valence-corrected chi connectivity index (χ4v) is 3.42. The first-order valence-corrected chi connectivity index (χ1v) is 8.81. The van der Waals surface area contributed by atoms with Crippen LogP contribution in [0.15, 0.2) is 18.2 Å². The van der Waals surface area contributed by atoms with Crippen molar-refractivity contribution < 1.29 is 14.7 Å². The average Bonchev–Trinajstić information content (AvgIpc) is 3.32. The highest BCUT2D eigenvalue weighted by atomic mass is 16.3. The second-order valence-corrected chi connectivity index (χ2v) is 7.06. The molecule has 2 N–H and O–H groups in total. The van der Waals surface area contributed by atoms with Gasteiger partial charge in [0, 0.05) is 24.9 Å². The zero-order valence-electron chi connectivity index (χ0n) is 14.4. The van der Waals surface area contributed by atoms with Crippen LogP contribution >= 0.6 is 0 Å². The molecule has 1 aliphatic heterocycles. The number of nitrogens with zero attached hydrogens (tertiary/aromatic N) is 1. The summed E-state index contributed by atoms with van der Waals surface area (Å²) in [6.45, 7) is 4.71. The van der Waals surface area contributed by atoms with Gasteiger partial charge in [-0.15, -0.1) is 0 Å². The van der Waals surface area contributed by atoms with Crippen LogP contribution in [0.4, 0.5) is 5.69 Å². The molecule has 2 aliphatic rings. The largest absolute Gasteiger partial charge is 0.396 e. The van der Waals surface area contributed by atoms with Gasteiger partial charge in [0.25, 0.3) is 0 Å². The maximum Gasteiger partial charge on any atom is 0.239 e. The molecule has 1 aliphatic carbocycles. The summed E-state index contributed by atoms with van der Waals surface area (Å²) in [7, 11) is 0. The molecule has 1 aromatic rings. The summed E-state index contributed by atoms with van der Waals surface area (Å²) in [5.41, 5.74) is 3.20. The zero-order valence-corrected chi connectivity index (χ0v) is 14.4. The van der Waals surface area contributed by atoms with Gasteiger partial charge in [-0.1, -0.05) is 6.07 Å². The number of rotatable bonds is 6. The Morgan fingerprint density at radius 3 is 2.67 bits per heavy atom. The molecule has 2 amide bonds. The Bertz CT molecular complexity index is 639. The topological polar surface area (TPSA) is 69.6 Å². The fourth-order valence-electron chi connectivity index (χ4n) is 3.42. The van der Waals surface area contributed by atoms with E-state index in [0.29, 0.717) is 25.3 Å². The Balaban J connectivity index is 1.66. The molecule has 0 spiro atoms. The number of aryl methyl sites for hydroxylation is 2. The summed E-state index contributed by atoms with van der Waals surface area (Å²) < 4.78 is 0. The SMILES string of the molecule is Cc1ccc(N2CCC(C(=O)NC(CCO)C3CC3)C2=O)cc1C. The lowest BCUT2D eigenvalue weighted by molar-refractivity contribution is -0.132. The number of benzene rings is 1. The molecule has 24 heavy (non-hydrogen) atoms. The predicted octanol–water partition coefficient (Wildman–Crippen LogP) is 1.93. The first-order chi connectivity index (χ1) is 11.5. The van der Waals surface area contributed by atoms with E-state index in [1.807, 2.05) is 32.0 Å². The third-order valence-electron chi connectivity index (χ3n) is 5.28. The number of hydrogen-bond acceptors (Lipinski definition) is 3. The maximum atomic E-state index is 12.7. The Hall–Kier alpha value is -1.88. The van der Waals surface area contributed by atoms with Crippen molar-refractivity contribution in [3.63, 3.8) is 0 Å². The highest BCUT2D eigenvalue weighted by Gasteiger charge is 2.40.